The van der Waals surface area contributed by atoms with Gasteiger partial charge in [-0.1, -0.05) is 6.92 Å². The van der Waals surface area contributed by atoms with Crippen LogP contribution in [0.1, 0.15) is 19.8 Å². The largest absolute Gasteiger partial charge is 0.469 e. The molecular weight excluding hydrogens is 218 g/mol. The molecule has 0 heterocycles. The molecule has 0 aliphatic carbocycles. The van der Waals surface area contributed by atoms with Gasteiger partial charge in [-0.3, -0.25) is 4.79 Å². The molecule has 1 N–H and O–H groups in total. The van der Waals surface area contributed by atoms with E-state index in [0.717, 1.165) is 0 Å². The van der Waals surface area contributed by atoms with Crippen molar-refractivity contribution in [2.75, 3.05) is 31.7 Å². The van der Waals surface area contributed by atoms with E-state index >= 15 is 0 Å². The topological polar surface area (TPSA) is 72.5 Å². The lowest BCUT2D eigenvalue weighted by molar-refractivity contribution is -0.140. The molecule has 0 saturated carbocycles. The number of sulfone groups is 1. The normalized spacial score (nSPS) is 11.3. The number of carbonyl (C=O) groups excluding carboxylic acids is 1. The van der Waals surface area contributed by atoms with Crippen molar-refractivity contribution in [2.24, 2.45) is 0 Å². The van der Waals surface area contributed by atoms with E-state index in [-0.39, 0.29) is 23.9 Å². The molecule has 0 spiro atoms. The summed E-state index contributed by atoms with van der Waals surface area (Å²) in [5.41, 5.74) is 0. The van der Waals surface area contributed by atoms with Crippen LogP contribution in [0.15, 0.2) is 0 Å². The van der Waals surface area contributed by atoms with Gasteiger partial charge in [-0.05, 0) is 6.42 Å². The number of hydrogen-bond acceptors (Lipinski definition) is 5. The monoisotopic (exact) mass is 237 g/mol. The molecule has 6 heteroatoms. The minimum atomic E-state index is -2.92. The quantitative estimate of drug-likeness (QED) is 0.474. The number of esters is 1. The van der Waals surface area contributed by atoms with E-state index in [0.29, 0.717) is 19.5 Å². The third-order valence-electron chi connectivity index (χ3n) is 1.84. The van der Waals surface area contributed by atoms with Crippen LogP contribution in [0.5, 0.6) is 0 Å². The first-order chi connectivity index (χ1) is 7.02. The first-order valence-corrected chi connectivity index (χ1v) is 6.82. The van der Waals surface area contributed by atoms with Crippen molar-refractivity contribution in [3.63, 3.8) is 0 Å². The van der Waals surface area contributed by atoms with Crippen LogP contribution in [-0.4, -0.2) is 46.1 Å². The molecule has 0 aromatic carbocycles. The second-order valence-electron chi connectivity index (χ2n) is 3.23. The Hall–Kier alpha value is -0.620. The summed E-state index contributed by atoms with van der Waals surface area (Å²) in [6.07, 6.45) is 0.912. The van der Waals surface area contributed by atoms with Gasteiger partial charge < -0.3 is 10.1 Å². The van der Waals surface area contributed by atoms with Crippen LogP contribution in [0.25, 0.3) is 0 Å². The summed E-state index contributed by atoms with van der Waals surface area (Å²) in [5.74, 6) is 0.0622. The van der Waals surface area contributed by atoms with E-state index in [1.807, 2.05) is 6.92 Å². The zero-order valence-electron chi connectivity index (χ0n) is 9.28. The predicted octanol–water partition coefficient (Wildman–Crippen LogP) is -0.0361. The molecule has 0 unspecified atom stereocenters. The first kappa shape index (κ1) is 14.4. The average Bonchev–Trinajstić information content (AvgIpc) is 2.16. The first-order valence-electron chi connectivity index (χ1n) is 4.99. The van der Waals surface area contributed by atoms with Crippen molar-refractivity contribution < 1.29 is 17.9 Å². The number of carbonyl (C=O) groups is 1. The summed E-state index contributed by atoms with van der Waals surface area (Å²) in [4.78, 5) is 10.7. The smallest absolute Gasteiger partial charge is 0.306 e. The number of hydrogen-bond donors (Lipinski definition) is 1. The summed E-state index contributed by atoms with van der Waals surface area (Å²) in [6, 6.07) is 0. The molecule has 0 amide bonds. The zero-order chi connectivity index (χ0) is 11.7. The number of rotatable bonds is 8. The van der Waals surface area contributed by atoms with E-state index < -0.39 is 9.84 Å². The fourth-order valence-corrected chi connectivity index (χ4v) is 2.34. The van der Waals surface area contributed by atoms with Crippen molar-refractivity contribution in [3.05, 3.63) is 0 Å². The lowest BCUT2D eigenvalue weighted by Crippen LogP contribution is -2.26. The van der Waals surface area contributed by atoms with Gasteiger partial charge in [0.05, 0.1) is 19.3 Å². The lowest BCUT2D eigenvalue weighted by Gasteiger charge is -2.04. The van der Waals surface area contributed by atoms with Crippen LogP contribution in [0.2, 0.25) is 0 Å². The molecule has 0 fully saturated rings. The van der Waals surface area contributed by atoms with Gasteiger partial charge >= 0.3 is 5.97 Å². The third-order valence-corrected chi connectivity index (χ3v) is 3.69. The summed E-state index contributed by atoms with van der Waals surface area (Å²) < 4.78 is 26.9. The molecule has 90 valence electrons. The number of nitrogens with one attached hydrogen (secondary N) is 1. The molecule has 0 aromatic heterocycles. The maximum Gasteiger partial charge on any atom is 0.306 e. The Morgan fingerprint density at radius 2 is 1.93 bits per heavy atom. The lowest BCUT2D eigenvalue weighted by atomic mass is 10.4. The van der Waals surface area contributed by atoms with Crippen molar-refractivity contribution >= 4 is 15.8 Å². The summed E-state index contributed by atoms with van der Waals surface area (Å²) in [6.45, 7) is 2.68. The molecule has 0 rings (SSSR count). The molecule has 0 aliphatic heterocycles. The average molecular weight is 237 g/mol. The van der Waals surface area contributed by atoms with Gasteiger partial charge in [0.1, 0.15) is 0 Å². The Balaban J connectivity index is 3.50. The Morgan fingerprint density at radius 1 is 1.27 bits per heavy atom. The van der Waals surface area contributed by atoms with Crippen molar-refractivity contribution in [1.82, 2.24) is 5.32 Å². The van der Waals surface area contributed by atoms with Gasteiger partial charge in [0.2, 0.25) is 0 Å². The highest BCUT2D eigenvalue weighted by Crippen LogP contribution is 1.92. The maximum atomic E-state index is 11.3. The standard InChI is InChI=1S/C9H19NO4S/c1-3-7-15(12,13)8-6-10-5-4-9(11)14-2/h10H,3-8H2,1-2H3. The Labute approximate surface area is 91.1 Å². The Morgan fingerprint density at radius 3 is 2.47 bits per heavy atom. The van der Waals surface area contributed by atoms with Gasteiger partial charge in [0.15, 0.2) is 9.84 Å². The van der Waals surface area contributed by atoms with Gasteiger partial charge in [-0.15, -0.1) is 0 Å². The van der Waals surface area contributed by atoms with E-state index in [4.69, 9.17) is 0 Å². The van der Waals surface area contributed by atoms with Crippen LogP contribution in [0.4, 0.5) is 0 Å². The molecule has 0 radical (unpaired) electrons. The molecule has 0 aromatic rings. The summed E-state index contributed by atoms with van der Waals surface area (Å²) in [7, 11) is -1.59. The van der Waals surface area contributed by atoms with E-state index in [1.54, 1.807) is 0 Å². The second-order valence-corrected chi connectivity index (χ2v) is 5.53. The van der Waals surface area contributed by atoms with Crippen molar-refractivity contribution in [1.29, 1.82) is 0 Å². The Bertz CT molecular complexity index is 274. The minimum absolute atomic E-state index is 0.127. The van der Waals surface area contributed by atoms with Gasteiger partial charge in [0.25, 0.3) is 0 Å². The number of ether oxygens (including phenoxy) is 1. The SMILES string of the molecule is CCCS(=O)(=O)CCNCCC(=O)OC. The maximum absolute atomic E-state index is 11.3. The van der Waals surface area contributed by atoms with Gasteiger partial charge in [-0.2, -0.15) is 0 Å². The highest BCUT2D eigenvalue weighted by molar-refractivity contribution is 7.91. The second kappa shape index (κ2) is 7.64. The Kier molecular flexibility index (Phi) is 7.33. The van der Waals surface area contributed by atoms with Crippen LogP contribution in [-0.2, 0) is 19.4 Å². The zero-order valence-corrected chi connectivity index (χ0v) is 10.1. The van der Waals surface area contributed by atoms with Crippen LogP contribution < -0.4 is 5.32 Å². The molecule has 0 atom stereocenters. The predicted molar refractivity (Wildman–Crippen MR) is 58.4 cm³/mol. The van der Waals surface area contributed by atoms with Crippen molar-refractivity contribution in [2.45, 2.75) is 19.8 Å². The third kappa shape index (κ3) is 8.38. The van der Waals surface area contributed by atoms with Crippen molar-refractivity contribution in [3.8, 4) is 0 Å². The fourth-order valence-electron chi connectivity index (χ4n) is 1.06. The molecule has 0 bridgehead atoms. The highest BCUT2D eigenvalue weighted by atomic mass is 32.2. The van der Waals surface area contributed by atoms with Crippen LogP contribution >= 0.6 is 0 Å². The van der Waals surface area contributed by atoms with Gasteiger partial charge in [-0.25, -0.2) is 8.42 Å². The minimum Gasteiger partial charge on any atom is -0.469 e. The number of methoxy groups -OCH3 is 1. The molecular formula is C9H19NO4S. The summed E-state index contributed by atoms with van der Waals surface area (Å²) in [5, 5.41) is 2.89. The molecule has 0 saturated heterocycles. The van der Waals surface area contributed by atoms with Gasteiger partial charge in [0, 0.05) is 18.8 Å². The van der Waals surface area contributed by atoms with Crippen LogP contribution in [0, 0.1) is 0 Å². The molecule has 0 aliphatic rings. The molecule has 5 nitrogen and oxygen atoms in total. The molecule has 15 heavy (non-hydrogen) atoms. The van der Waals surface area contributed by atoms with E-state index in [2.05, 4.69) is 10.1 Å². The van der Waals surface area contributed by atoms with Crippen LogP contribution in [0.3, 0.4) is 0 Å². The van der Waals surface area contributed by atoms with E-state index in [1.165, 1.54) is 7.11 Å². The fraction of sp³-hybridized carbons (Fsp3) is 0.889. The van der Waals surface area contributed by atoms with E-state index in [9.17, 15) is 13.2 Å². The summed E-state index contributed by atoms with van der Waals surface area (Å²) >= 11 is 0. The highest BCUT2D eigenvalue weighted by Gasteiger charge is 2.08.